The molecule has 0 fully saturated rings. The highest BCUT2D eigenvalue weighted by Crippen LogP contribution is 1.55. The zero-order valence-corrected chi connectivity index (χ0v) is 9.89. The van der Waals surface area contributed by atoms with E-state index in [-0.39, 0.29) is 0 Å². The molecule has 14 radical (unpaired) electrons. The van der Waals surface area contributed by atoms with Gasteiger partial charge in [-0.15, -0.1) is 0 Å². The van der Waals surface area contributed by atoms with Crippen LogP contribution in [0.3, 0.4) is 0 Å². The fourth-order valence-corrected chi connectivity index (χ4v) is 2.70. The Kier molecular flexibility index (Phi) is 5.28. The molecule has 0 rings (SSSR count). The monoisotopic (exact) mass is 196 g/mol. The van der Waals surface area contributed by atoms with Crippen LogP contribution >= 0.6 is 0 Å². The Labute approximate surface area is 67.1 Å². The molecule has 0 aliphatic carbocycles. The lowest BCUT2D eigenvalue weighted by atomic mass is 13.8. The van der Waals surface area contributed by atoms with Gasteiger partial charge >= 0.3 is 0 Å². The van der Waals surface area contributed by atoms with Crippen molar-refractivity contribution in [2.45, 2.75) is 0 Å². The van der Waals surface area contributed by atoms with Crippen LogP contribution in [0.4, 0.5) is 0 Å². The topological polar surface area (TPSA) is 6.48 Å². The molecule has 2 nitrogen and oxygen atoms in total. The Morgan fingerprint density at radius 3 is 1.12 bits per heavy atom. The number of hydrogen-bond donors (Lipinski definition) is 0. The van der Waals surface area contributed by atoms with Gasteiger partial charge in [0.1, 0.15) is 17.5 Å². The van der Waals surface area contributed by atoms with Crippen molar-refractivity contribution >= 4 is 59.2 Å². The molecule has 0 heterocycles. The van der Waals surface area contributed by atoms with Gasteiger partial charge in [-0.05, 0) is 0 Å². The molecule has 0 saturated carbocycles. The van der Waals surface area contributed by atoms with Crippen LogP contribution in [0, 0.1) is 0 Å². The van der Waals surface area contributed by atoms with E-state index in [0.29, 0.717) is 17.5 Å². The van der Waals surface area contributed by atoms with Gasteiger partial charge in [0.2, 0.25) is 0 Å². The van der Waals surface area contributed by atoms with E-state index in [1.807, 2.05) is 0 Å². The van der Waals surface area contributed by atoms with Crippen LogP contribution in [0.2, 0.25) is 0 Å². The summed E-state index contributed by atoms with van der Waals surface area (Å²) in [5.74, 6) is 0. The number of rotatable bonds is 2. The first kappa shape index (κ1) is 8.90. The Morgan fingerprint density at radius 2 is 1.00 bits per heavy atom. The highest BCUT2D eigenvalue weighted by molar-refractivity contribution is 6.79. The molecule has 0 spiro atoms. The minimum Gasteiger partial charge on any atom is -0.468 e. The first-order chi connectivity index (χ1) is 3.63. The van der Waals surface area contributed by atoms with Crippen molar-refractivity contribution in [1.29, 1.82) is 0 Å². The zero-order valence-electron chi connectivity index (χ0n) is 3.89. The summed E-state index contributed by atoms with van der Waals surface area (Å²) >= 11 is 0. The summed E-state index contributed by atoms with van der Waals surface area (Å²) in [4.78, 5) is 0. The highest BCUT2D eigenvalue weighted by Gasteiger charge is 1.80. The van der Waals surface area contributed by atoms with Crippen molar-refractivity contribution in [3.8, 4) is 0 Å². The van der Waals surface area contributed by atoms with Gasteiger partial charge in [0.05, 0.1) is 0 Å². The summed E-state index contributed by atoms with van der Waals surface area (Å²) in [5, 5.41) is 0. The Balaban J connectivity index is 3.34. The van der Waals surface area contributed by atoms with E-state index in [1.165, 1.54) is 0 Å². The predicted molar refractivity (Wildman–Crippen MR) is 38.2 cm³/mol. The molecule has 8 heavy (non-hydrogen) atoms. The van der Waals surface area contributed by atoms with Crippen LogP contribution in [-0.4, -0.2) is 67.0 Å². The van der Waals surface area contributed by atoms with Crippen LogP contribution in [0.15, 0.2) is 0 Å². The fourth-order valence-electron chi connectivity index (χ4n) is 0.100. The van der Waals surface area contributed by atoms with E-state index in [9.17, 15) is 0 Å². The molecule has 0 aromatic heterocycles. The lowest BCUT2D eigenvalue weighted by molar-refractivity contribution is 1.15. The standard InChI is InChI=1S/N2Si6/c3-1(4)7-8-2(5)6. The quantitative estimate of drug-likeness (QED) is 0.437. The average molecular weight is 197 g/mol. The van der Waals surface area contributed by atoms with E-state index >= 15 is 0 Å². The summed E-state index contributed by atoms with van der Waals surface area (Å²) < 4.78 is 3.54. The minimum absolute atomic E-state index is 0.686. The maximum atomic E-state index is 3.24. The smallest absolute Gasteiger partial charge is 0.168 e. The second kappa shape index (κ2) is 4.75. The second-order valence-corrected chi connectivity index (χ2v) is 8.05. The maximum absolute atomic E-state index is 3.24. The first-order valence-electron chi connectivity index (χ1n) is 1.59. The van der Waals surface area contributed by atoms with Crippen molar-refractivity contribution < 1.29 is 0 Å². The van der Waals surface area contributed by atoms with Crippen molar-refractivity contribution in [2.75, 3.05) is 0 Å². The molecule has 8 heteroatoms. The molecule has 0 unspecified atom stereocenters. The summed E-state index contributed by atoms with van der Waals surface area (Å²) in [6.07, 6.45) is 0. The Bertz CT molecular complexity index is 64.6. The summed E-state index contributed by atoms with van der Waals surface area (Å²) in [6, 6.07) is 0. The van der Waals surface area contributed by atoms with Gasteiger partial charge < -0.3 is 7.79 Å². The minimum atomic E-state index is 0.686. The molecule has 0 aliphatic rings. The van der Waals surface area contributed by atoms with Crippen molar-refractivity contribution in [3.05, 3.63) is 0 Å². The molecule has 0 bridgehead atoms. The van der Waals surface area contributed by atoms with Crippen molar-refractivity contribution in [2.24, 2.45) is 0 Å². The first-order valence-corrected chi connectivity index (χ1v) is 6.27. The van der Waals surface area contributed by atoms with Crippen LogP contribution in [0.25, 0.3) is 0 Å². The van der Waals surface area contributed by atoms with Gasteiger partial charge in [-0.25, -0.2) is 0 Å². The van der Waals surface area contributed by atoms with E-state index in [0.717, 1.165) is 0 Å². The maximum Gasteiger partial charge on any atom is 0.168 e. The molecule has 0 amide bonds. The molecular formula is N2Si6. The molecule has 0 N–H and O–H groups in total. The van der Waals surface area contributed by atoms with Crippen molar-refractivity contribution in [3.63, 3.8) is 0 Å². The summed E-state index contributed by atoms with van der Waals surface area (Å²) in [7, 11) is 14.3. The van der Waals surface area contributed by atoms with Gasteiger partial charge in [-0.2, -0.15) is 0 Å². The van der Waals surface area contributed by atoms with Crippen LogP contribution in [0.5, 0.6) is 0 Å². The summed E-state index contributed by atoms with van der Waals surface area (Å²) in [6.45, 7) is 0. The van der Waals surface area contributed by atoms with Gasteiger partial charge in [0.15, 0.2) is 41.6 Å². The van der Waals surface area contributed by atoms with Crippen LogP contribution in [-0.2, 0) is 0 Å². The molecule has 0 aromatic rings. The molecule has 34 valence electrons. The highest BCUT2D eigenvalue weighted by atomic mass is 28.9. The van der Waals surface area contributed by atoms with Gasteiger partial charge in [0, 0.05) is 0 Å². The normalized spacial score (nSPS) is 10.0. The molecule has 0 aliphatic heterocycles. The number of hydrogen-bond acceptors (Lipinski definition) is 2. The summed E-state index contributed by atoms with van der Waals surface area (Å²) in [5.41, 5.74) is 0. The lowest BCUT2D eigenvalue weighted by Gasteiger charge is -2.05. The van der Waals surface area contributed by atoms with Crippen LogP contribution in [0.1, 0.15) is 0 Å². The predicted octanol–water partition coefficient (Wildman–Crippen LogP) is -2.92. The molecule has 0 saturated heterocycles. The molecular weight excluding hydrogens is 197 g/mol. The number of nitrogens with zero attached hydrogens (tertiary/aromatic N) is 2. The molecule has 0 atom stereocenters. The lowest BCUT2D eigenvalue weighted by Crippen LogP contribution is -2.25. The zero-order chi connectivity index (χ0) is 6.57. The third-order valence-corrected chi connectivity index (χ3v) is 6.49. The second-order valence-electron chi connectivity index (χ2n) is 0.894. The van der Waals surface area contributed by atoms with E-state index < -0.39 is 0 Å². The van der Waals surface area contributed by atoms with Crippen LogP contribution < -0.4 is 0 Å². The molecule has 0 aromatic carbocycles. The third-order valence-electron chi connectivity index (χ3n) is 0.274. The third kappa shape index (κ3) is 6.90. The van der Waals surface area contributed by atoms with E-state index in [4.69, 9.17) is 0 Å². The van der Waals surface area contributed by atoms with E-state index in [2.05, 4.69) is 41.6 Å². The van der Waals surface area contributed by atoms with Gasteiger partial charge in [-0.1, -0.05) is 0 Å². The average Bonchev–Trinajstić information content (AvgIpc) is 1.61. The van der Waals surface area contributed by atoms with E-state index in [1.54, 1.807) is 7.79 Å². The van der Waals surface area contributed by atoms with Crippen molar-refractivity contribution in [1.82, 2.24) is 7.79 Å². The Hall–Kier alpha value is 0.901. The largest absolute Gasteiger partial charge is 0.468 e. The van der Waals surface area contributed by atoms with Gasteiger partial charge in [-0.3, -0.25) is 0 Å². The SMILES string of the molecule is [Si]N([Si])[Si]=[Si]N([Si])[Si]. The Morgan fingerprint density at radius 1 is 0.750 bits per heavy atom. The van der Waals surface area contributed by atoms with Gasteiger partial charge in [0.25, 0.3) is 0 Å². The fraction of sp³-hybridized carbons (Fsp3) is 0.